The highest BCUT2D eigenvalue weighted by molar-refractivity contribution is 6.30. The van der Waals surface area contributed by atoms with Gasteiger partial charge in [0, 0.05) is 42.8 Å². The summed E-state index contributed by atoms with van der Waals surface area (Å²) in [7, 11) is 0. The first-order chi connectivity index (χ1) is 9.13. The number of nitrogens with one attached hydrogen (secondary N) is 1. The molecule has 4 heteroatoms. The van der Waals surface area contributed by atoms with E-state index in [4.69, 9.17) is 11.6 Å². The predicted molar refractivity (Wildman–Crippen MR) is 78.0 cm³/mol. The van der Waals surface area contributed by atoms with E-state index in [0.717, 1.165) is 38.2 Å². The molecule has 1 aromatic carbocycles. The molecule has 0 aromatic heterocycles. The monoisotopic (exact) mass is 284 g/mol. The van der Waals surface area contributed by atoms with Crippen molar-refractivity contribution < 1.29 is 4.39 Å². The van der Waals surface area contributed by atoms with Crippen molar-refractivity contribution in [2.75, 3.05) is 26.2 Å². The van der Waals surface area contributed by atoms with Crippen molar-refractivity contribution in [3.63, 3.8) is 0 Å². The quantitative estimate of drug-likeness (QED) is 0.911. The van der Waals surface area contributed by atoms with Gasteiger partial charge in [-0.2, -0.15) is 0 Å². The Morgan fingerprint density at radius 2 is 2.05 bits per heavy atom. The summed E-state index contributed by atoms with van der Waals surface area (Å²) in [5, 5.41) is 3.95. The first-order valence-electron chi connectivity index (χ1n) is 7.03. The average molecular weight is 285 g/mol. The second kappa shape index (κ2) is 6.69. The molecule has 0 spiro atoms. The molecule has 2 rings (SSSR count). The Labute approximate surface area is 119 Å². The van der Waals surface area contributed by atoms with Gasteiger partial charge in [0.1, 0.15) is 5.82 Å². The standard InChI is InChI=1S/C15H22ClFN2/c1-3-11(2)15(19-8-6-18-7-9-19)13-10-12(16)4-5-14(13)17/h4-5,10-11,15,18H,3,6-9H2,1-2H3/t11?,15-/m1/s1. The number of hydrogen-bond donors (Lipinski definition) is 1. The van der Waals surface area contributed by atoms with Crippen molar-refractivity contribution in [2.45, 2.75) is 26.3 Å². The Balaban J connectivity index is 2.33. The van der Waals surface area contributed by atoms with E-state index in [1.54, 1.807) is 12.1 Å². The van der Waals surface area contributed by atoms with E-state index in [-0.39, 0.29) is 11.9 Å². The number of hydrogen-bond acceptors (Lipinski definition) is 2. The predicted octanol–water partition coefficient (Wildman–Crippen LogP) is 3.47. The topological polar surface area (TPSA) is 15.3 Å². The van der Waals surface area contributed by atoms with Crippen molar-refractivity contribution in [3.8, 4) is 0 Å². The number of piperazine rings is 1. The summed E-state index contributed by atoms with van der Waals surface area (Å²) in [5.41, 5.74) is 0.740. The van der Waals surface area contributed by atoms with Crippen LogP contribution in [-0.2, 0) is 0 Å². The lowest BCUT2D eigenvalue weighted by Gasteiger charge is -2.38. The molecular formula is C15H22ClFN2. The van der Waals surface area contributed by atoms with Crippen LogP contribution in [-0.4, -0.2) is 31.1 Å². The molecule has 0 saturated carbocycles. The second-order valence-corrected chi connectivity index (χ2v) is 5.72. The third-order valence-corrected chi connectivity index (χ3v) is 4.24. The minimum Gasteiger partial charge on any atom is -0.314 e. The van der Waals surface area contributed by atoms with Crippen LogP contribution >= 0.6 is 11.6 Å². The van der Waals surface area contributed by atoms with Gasteiger partial charge in [-0.1, -0.05) is 31.9 Å². The minimum absolute atomic E-state index is 0.116. The smallest absolute Gasteiger partial charge is 0.128 e. The van der Waals surface area contributed by atoms with Gasteiger partial charge in [0.25, 0.3) is 0 Å². The van der Waals surface area contributed by atoms with Gasteiger partial charge in [-0.25, -0.2) is 4.39 Å². The fourth-order valence-corrected chi connectivity index (χ4v) is 2.97. The summed E-state index contributed by atoms with van der Waals surface area (Å²) in [6.45, 7) is 8.20. The minimum atomic E-state index is -0.145. The molecule has 2 atom stereocenters. The zero-order valence-electron chi connectivity index (χ0n) is 11.6. The molecule has 1 N–H and O–H groups in total. The summed E-state index contributed by atoms with van der Waals surface area (Å²) in [4.78, 5) is 2.37. The number of halogens is 2. The average Bonchev–Trinajstić information content (AvgIpc) is 2.44. The van der Waals surface area contributed by atoms with Crippen LogP contribution < -0.4 is 5.32 Å². The van der Waals surface area contributed by atoms with Gasteiger partial charge in [-0.15, -0.1) is 0 Å². The second-order valence-electron chi connectivity index (χ2n) is 5.28. The maximum Gasteiger partial charge on any atom is 0.128 e. The van der Waals surface area contributed by atoms with Crippen LogP contribution in [0, 0.1) is 11.7 Å². The molecule has 0 amide bonds. The number of rotatable bonds is 4. The Kier molecular flexibility index (Phi) is 5.20. The Bertz CT molecular complexity index is 419. The molecule has 0 bridgehead atoms. The molecule has 0 aliphatic carbocycles. The number of benzene rings is 1. The van der Waals surface area contributed by atoms with E-state index in [9.17, 15) is 4.39 Å². The highest BCUT2D eigenvalue weighted by atomic mass is 35.5. The first kappa shape index (κ1) is 14.8. The van der Waals surface area contributed by atoms with Crippen LogP contribution in [0.2, 0.25) is 5.02 Å². The molecule has 1 aromatic rings. The van der Waals surface area contributed by atoms with Gasteiger partial charge >= 0.3 is 0 Å². The Morgan fingerprint density at radius 3 is 2.68 bits per heavy atom. The maximum atomic E-state index is 14.2. The molecule has 1 heterocycles. The van der Waals surface area contributed by atoms with Gasteiger partial charge in [-0.3, -0.25) is 4.90 Å². The van der Waals surface area contributed by atoms with E-state index in [1.165, 1.54) is 6.07 Å². The molecule has 1 unspecified atom stereocenters. The number of nitrogens with zero attached hydrogens (tertiary/aromatic N) is 1. The van der Waals surface area contributed by atoms with Gasteiger partial charge in [-0.05, 0) is 24.1 Å². The zero-order valence-corrected chi connectivity index (χ0v) is 12.4. The highest BCUT2D eigenvalue weighted by Crippen LogP contribution is 2.33. The molecule has 1 fully saturated rings. The maximum absolute atomic E-state index is 14.2. The first-order valence-corrected chi connectivity index (χ1v) is 7.41. The van der Waals surface area contributed by atoms with E-state index in [1.807, 2.05) is 0 Å². The fourth-order valence-electron chi connectivity index (χ4n) is 2.79. The fraction of sp³-hybridized carbons (Fsp3) is 0.600. The Hall–Kier alpha value is -0.640. The molecule has 1 aliphatic rings. The molecule has 2 nitrogen and oxygen atoms in total. The molecule has 1 aliphatic heterocycles. The van der Waals surface area contributed by atoms with Crippen molar-refractivity contribution in [2.24, 2.45) is 5.92 Å². The zero-order chi connectivity index (χ0) is 13.8. The van der Waals surface area contributed by atoms with Crippen LogP contribution in [0.25, 0.3) is 0 Å². The van der Waals surface area contributed by atoms with E-state index in [0.29, 0.717) is 10.9 Å². The molecular weight excluding hydrogens is 263 g/mol. The summed E-state index contributed by atoms with van der Waals surface area (Å²) < 4.78 is 14.2. The van der Waals surface area contributed by atoms with Gasteiger partial charge in [0.2, 0.25) is 0 Å². The molecule has 106 valence electrons. The normalized spacial score (nSPS) is 20.2. The van der Waals surface area contributed by atoms with Crippen LogP contribution in [0.3, 0.4) is 0 Å². The summed E-state index contributed by atoms with van der Waals surface area (Å²) in [6, 6.07) is 5.00. The third kappa shape index (κ3) is 3.47. The van der Waals surface area contributed by atoms with E-state index < -0.39 is 0 Å². The third-order valence-electron chi connectivity index (χ3n) is 4.00. The highest BCUT2D eigenvalue weighted by Gasteiger charge is 2.28. The lowest BCUT2D eigenvalue weighted by Crippen LogP contribution is -2.46. The molecule has 19 heavy (non-hydrogen) atoms. The van der Waals surface area contributed by atoms with Crippen molar-refractivity contribution >= 4 is 11.6 Å². The van der Waals surface area contributed by atoms with Crippen LogP contribution in [0.4, 0.5) is 4.39 Å². The van der Waals surface area contributed by atoms with E-state index in [2.05, 4.69) is 24.1 Å². The van der Waals surface area contributed by atoms with E-state index >= 15 is 0 Å². The van der Waals surface area contributed by atoms with Crippen LogP contribution in [0.1, 0.15) is 31.9 Å². The van der Waals surface area contributed by atoms with Crippen molar-refractivity contribution in [3.05, 3.63) is 34.6 Å². The summed E-state index contributed by atoms with van der Waals surface area (Å²) in [6.07, 6.45) is 1.03. The van der Waals surface area contributed by atoms with Crippen molar-refractivity contribution in [1.82, 2.24) is 10.2 Å². The van der Waals surface area contributed by atoms with Crippen molar-refractivity contribution in [1.29, 1.82) is 0 Å². The molecule has 1 saturated heterocycles. The lowest BCUT2D eigenvalue weighted by molar-refractivity contribution is 0.125. The van der Waals surface area contributed by atoms with Gasteiger partial charge in [0.15, 0.2) is 0 Å². The van der Waals surface area contributed by atoms with Crippen LogP contribution in [0.5, 0.6) is 0 Å². The van der Waals surface area contributed by atoms with Gasteiger partial charge in [0.05, 0.1) is 0 Å². The SMILES string of the molecule is CCC(C)[C@H](c1cc(Cl)ccc1F)N1CCNCC1. The Morgan fingerprint density at radius 1 is 1.37 bits per heavy atom. The summed E-state index contributed by atoms with van der Waals surface area (Å²) >= 11 is 6.05. The lowest BCUT2D eigenvalue weighted by atomic mass is 9.90. The van der Waals surface area contributed by atoms with Crippen LogP contribution in [0.15, 0.2) is 18.2 Å². The summed E-state index contributed by atoms with van der Waals surface area (Å²) in [5.74, 6) is 0.263. The largest absolute Gasteiger partial charge is 0.314 e. The molecule has 0 radical (unpaired) electrons. The van der Waals surface area contributed by atoms with Gasteiger partial charge < -0.3 is 5.32 Å².